The molecule has 3 aromatic heterocycles. The topological polar surface area (TPSA) is 56.7 Å². The summed E-state index contributed by atoms with van der Waals surface area (Å²) in [6.07, 6.45) is 0. The number of furan rings is 1. The van der Waals surface area contributed by atoms with Crippen LogP contribution in [0.3, 0.4) is 0 Å². The molecule has 0 saturated carbocycles. The predicted molar refractivity (Wildman–Crippen MR) is 248 cm³/mol. The van der Waals surface area contributed by atoms with Crippen molar-refractivity contribution in [2.75, 3.05) is 0 Å². The standard InChI is InChI=1S/C55H32N4O/c1-2-15-34(16-3-1)53-56-54(40-27-26-33-14-4-5-17-35(33)28-40)58-55(57-53)50-49-43-24-12-13-25-48(43)60-52(49)42-23-11-10-22-41(42)51(50)59-46-31-38-20-8-6-18-36(38)29-44(46)45-30-37-19-7-9-21-39(37)32-47(45)59/h1-32H. The Morgan fingerprint density at radius 2 is 0.850 bits per heavy atom. The third-order valence-electron chi connectivity index (χ3n) is 12.1. The summed E-state index contributed by atoms with van der Waals surface area (Å²) in [5, 5.41) is 13.4. The van der Waals surface area contributed by atoms with Gasteiger partial charge in [-0.2, -0.15) is 0 Å². The normalized spacial score (nSPS) is 12.0. The van der Waals surface area contributed by atoms with Crippen molar-refractivity contribution in [1.29, 1.82) is 0 Å². The minimum absolute atomic E-state index is 0.570. The van der Waals surface area contributed by atoms with E-state index in [1.165, 1.54) is 32.3 Å². The summed E-state index contributed by atoms with van der Waals surface area (Å²) >= 11 is 0. The van der Waals surface area contributed by atoms with E-state index in [4.69, 9.17) is 19.4 Å². The first-order chi connectivity index (χ1) is 29.7. The van der Waals surface area contributed by atoms with Gasteiger partial charge in [-0.3, -0.25) is 0 Å². The summed E-state index contributed by atoms with van der Waals surface area (Å²) in [6.45, 7) is 0. The molecule has 0 fully saturated rings. The van der Waals surface area contributed by atoms with Crippen LogP contribution in [0, 0.1) is 0 Å². The van der Waals surface area contributed by atoms with Gasteiger partial charge in [-0.15, -0.1) is 0 Å². The minimum Gasteiger partial charge on any atom is -0.455 e. The summed E-state index contributed by atoms with van der Waals surface area (Å²) in [5.41, 5.74) is 7.52. The molecule has 60 heavy (non-hydrogen) atoms. The van der Waals surface area contributed by atoms with E-state index < -0.39 is 0 Å². The molecule has 5 nitrogen and oxygen atoms in total. The van der Waals surface area contributed by atoms with Crippen LogP contribution in [0.2, 0.25) is 0 Å². The highest BCUT2D eigenvalue weighted by Crippen LogP contribution is 2.48. The Morgan fingerprint density at radius 1 is 0.350 bits per heavy atom. The molecule has 0 unspecified atom stereocenters. The van der Waals surface area contributed by atoms with E-state index in [0.29, 0.717) is 17.5 Å². The van der Waals surface area contributed by atoms with E-state index >= 15 is 0 Å². The monoisotopic (exact) mass is 764 g/mol. The quantitative estimate of drug-likeness (QED) is 0.179. The first-order valence-corrected chi connectivity index (χ1v) is 20.3. The molecule has 13 aromatic rings. The summed E-state index contributed by atoms with van der Waals surface area (Å²) in [5.74, 6) is 1.77. The fraction of sp³-hybridized carbons (Fsp3) is 0. The molecular formula is C55H32N4O. The molecule has 0 aliphatic rings. The van der Waals surface area contributed by atoms with Gasteiger partial charge in [0.15, 0.2) is 17.5 Å². The number of benzene rings is 10. The summed E-state index contributed by atoms with van der Waals surface area (Å²) < 4.78 is 9.35. The Morgan fingerprint density at radius 3 is 1.52 bits per heavy atom. The maximum Gasteiger partial charge on any atom is 0.167 e. The number of rotatable bonds is 4. The van der Waals surface area contributed by atoms with Crippen LogP contribution >= 0.6 is 0 Å². The Hall–Kier alpha value is -8.15. The van der Waals surface area contributed by atoms with Gasteiger partial charge in [-0.05, 0) is 68.7 Å². The van der Waals surface area contributed by atoms with Crippen molar-refractivity contribution < 1.29 is 4.42 Å². The lowest BCUT2D eigenvalue weighted by molar-refractivity contribution is 0.672. The Balaban J connectivity index is 1.25. The zero-order valence-electron chi connectivity index (χ0n) is 32.2. The van der Waals surface area contributed by atoms with Crippen molar-refractivity contribution in [3.8, 4) is 39.9 Å². The van der Waals surface area contributed by atoms with Crippen molar-refractivity contribution in [3.05, 3.63) is 194 Å². The molecular weight excluding hydrogens is 733 g/mol. The van der Waals surface area contributed by atoms with Crippen molar-refractivity contribution in [2.45, 2.75) is 0 Å². The van der Waals surface area contributed by atoms with Gasteiger partial charge in [-0.25, -0.2) is 15.0 Å². The predicted octanol–water partition coefficient (Wildman–Crippen LogP) is 14.5. The van der Waals surface area contributed by atoms with Crippen LogP contribution in [0.4, 0.5) is 0 Å². The molecule has 10 aromatic carbocycles. The van der Waals surface area contributed by atoms with Gasteiger partial charge in [0.1, 0.15) is 11.2 Å². The van der Waals surface area contributed by atoms with Gasteiger partial charge >= 0.3 is 0 Å². The molecule has 0 radical (unpaired) electrons. The fourth-order valence-electron chi connectivity index (χ4n) is 9.36. The molecule has 0 N–H and O–H groups in total. The highest BCUT2D eigenvalue weighted by atomic mass is 16.3. The third kappa shape index (κ3) is 4.90. The van der Waals surface area contributed by atoms with Crippen molar-refractivity contribution in [3.63, 3.8) is 0 Å². The third-order valence-corrected chi connectivity index (χ3v) is 12.1. The van der Waals surface area contributed by atoms with Crippen molar-refractivity contribution >= 4 is 86.8 Å². The minimum atomic E-state index is 0.570. The van der Waals surface area contributed by atoms with Gasteiger partial charge in [0, 0.05) is 43.4 Å². The van der Waals surface area contributed by atoms with Crippen molar-refractivity contribution in [2.24, 2.45) is 0 Å². The van der Waals surface area contributed by atoms with Crippen LogP contribution in [0.25, 0.3) is 127 Å². The smallest absolute Gasteiger partial charge is 0.167 e. The van der Waals surface area contributed by atoms with E-state index in [1.54, 1.807) is 0 Å². The number of nitrogens with zero attached hydrogens (tertiary/aromatic N) is 4. The fourth-order valence-corrected chi connectivity index (χ4v) is 9.36. The second-order valence-corrected chi connectivity index (χ2v) is 15.6. The molecule has 5 heteroatoms. The highest BCUT2D eigenvalue weighted by molar-refractivity contribution is 6.26. The van der Waals surface area contributed by atoms with E-state index in [-0.39, 0.29) is 0 Å². The molecule has 0 bridgehead atoms. The highest BCUT2D eigenvalue weighted by Gasteiger charge is 2.28. The molecule has 0 atom stereocenters. The maximum absolute atomic E-state index is 6.89. The molecule has 0 aliphatic heterocycles. The summed E-state index contributed by atoms with van der Waals surface area (Å²) in [4.78, 5) is 16.2. The van der Waals surface area contributed by atoms with E-state index in [2.05, 4.69) is 174 Å². The van der Waals surface area contributed by atoms with Crippen LogP contribution in [0.15, 0.2) is 199 Å². The number of hydrogen-bond acceptors (Lipinski definition) is 4. The Bertz CT molecular complexity index is 3810. The largest absolute Gasteiger partial charge is 0.455 e. The molecule has 0 aliphatic carbocycles. The number of hydrogen-bond donors (Lipinski definition) is 0. The number of fused-ring (bicyclic) bond motifs is 11. The van der Waals surface area contributed by atoms with Gasteiger partial charge in [0.2, 0.25) is 0 Å². The maximum atomic E-state index is 6.89. The number of para-hydroxylation sites is 1. The van der Waals surface area contributed by atoms with Crippen LogP contribution < -0.4 is 0 Å². The summed E-state index contributed by atoms with van der Waals surface area (Å²) in [7, 11) is 0. The van der Waals surface area contributed by atoms with Gasteiger partial charge in [0.05, 0.1) is 22.3 Å². The second-order valence-electron chi connectivity index (χ2n) is 15.6. The molecule has 278 valence electrons. The van der Waals surface area contributed by atoms with Gasteiger partial charge in [-0.1, -0.05) is 158 Å². The van der Waals surface area contributed by atoms with Crippen LogP contribution in [0.1, 0.15) is 0 Å². The molecule has 0 amide bonds. The zero-order chi connectivity index (χ0) is 39.3. The second kappa shape index (κ2) is 12.7. The average molecular weight is 765 g/mol. The lowest BCUT2D eigenvalue weighted by Crippen LogP contribution is -2.05. The van der Waals surface area contributed by atoms with Crippen molar-refractivity contribution in [1.82, 2.24) is 19.5 Å². The van der Waals surface area contributed by atoms with E-state index in [0.717, 1.165) is 76.9 Å². The molecule has 0 saturated heterocycles. The van der Waals surface area contributed by atoms with Gasteiger partial charge < -0.3 is 8.98 Å². The average Bonchev–Trinajstić information content (AvgIpc) is 3.84. The molecule has 3 heterocycles. The number of aromatic nitrogens is 4. The van der Waals surface area contributed by atoms with Crippen LogP contribution in [0.5, 0.6) is 0 Å². The van der Waals surface area contributed by atoms with Crippen LogP contribution in [-0.2, 0) is 0 Å². The lowest BCUT2D eigenvalue weighted by Gasteiger charge is -2.19. The first kappa shape index (κ1) is 32.9. The van der Waals surface area contributed by atoms with Crippen LogP contribution in [-0.4, -0.2) is 19.5 Å². The lowest BCUT2D eigenvalue weighted by atomic mass is 9.96. The molecule has 13 rings (SSSR count). The van der Waals surface area contributed by atoms with E-state index in [9.17, 15) is 0 Å². The Labute approximate surface area is 343 Å². The first-order valence-electron chi connectivity index (χ1n) is 20.3. The Kier molecular flexibility index (Phi) is 6.95. The van der Waals surface area contributed by atoms with E-state index in [1.807, 2.05) is 24.3 Å². The van der Waals surface area contributed by atoms with Gasteiger partial charge in [0.25, 0.3) is 0 Å². The SMILES string of the molecule is c1ccc(-c2nc(-c3ccc4ccccc4c3)nc(-c3c(-n4c5cc6ccccc6cc5c5cc6ccccc6cc54)c4ccccc4c4oc5ccccc5c34)n2)cc1. The summed E-state index contributed by atoms with van der Waals surface area (Å²) in [6, 6.07) is 68.6. The molecule has 0 spiro atoms. The zero-order valence-corrected chi connectivity index (χ0v) is 32.2.